The van der Waals surface area contributed by atoms with Gasteiger partial charge in [-0.2, -0.15) is 26.3 Å². The van der Waals surface area contributed by atoms with E-state index >= 15 is 37.5 Å². The van der Waals surface area contributed by atoms with Crippen LogP contribution in [0, 0.1) is 23.5 Å². The third kappa shape index (κ3) is 20.3. The predicted molar refractivity (Wildman–Crippen MR) is 371 cm³/mol. The summed E-state index contributed by atoms with van der Waals surface area (Å²) in [5.41, 5.74) is -5.28. The standard InChI is InChI=1S/C73H100F8N12O14/c1-13-42(3)60-68(103)87(7)40-58(96)88(8)51-23-16-15-19-32-92(67(51)102)54(35-43-24-27-46(28-25-43)72(76,77)78)66(101)86(6)39-56(94)82-50(29-26-44-33-48(74)59(49(75)34-44)73(79,80)81)64(99)93-38-47(107-14-2)36-52(93)63(98)84-71(30-20-31-71)70(105)91(11)61(45-21-17-18-22-45)69(104)90(10)53(65(100)85(4)5)37-57(95)89(9)55(41-106-12)62(97)83-60/h15-16,24-25,27-28,33-34,42,45,47,50-55,60-61H,13-14,17-23,26,29-32,35-41H2,1-12H3,(H,82,94)(H,83,97)(H,84,98)/b16-15-/t42-,47+,50+,51-,52-,53-,54-,55-,60-,61-/m0/s1. The number of ether oxygens (including phenoxy) is 2. The first kappa shape index (κ1) is 85.4. The quantitative estimate of drug-likeness (QED) is 0.186. The van der Waals surface area contributed by atoms with Gasteiger partial charge in [-0.1, -0.05) is 57.4 Å². The third-order valence-electron chi connectivity index (χ3n) is 21.3. The summed E-state index contributed by atoms with van der Waals surface area (Å²) in [5, 5.41) is 8.14. The molecule has 10 atom stereocenters. The van der Waals surface area contributed by atoms with Gasteiger partial charge in [0.1, 0.15) is 71.1 Å². The van der Waals surface area contributed by atoms with Crippen molar-refractivity contribution in [3.05, 3.63) is 82.4 Å². The van der Waals surface area contributed by atoms with Crippen molar-refractivity contribution in [3.8, 4) is 0 Å². The number of alkyl halides is 6. The number of carbonyl (C=O) groups is 12. The van der Waals surface area contributed by atoms with Crippen molar-refractivity contribution >= 4 is 70.9 Å². The number of likely N-dealkylation sites (N-methyl/N-ethyl adjacent to an activating group) is 7. The molecular weight excluding hydrogens is 1420 g/mol. The van der Waals surface area contributed by atoms with E-state index in [1.807, 2.05) is 0 Å². The summed E-state index contributed by atoms with van der Waals surface area (Å²) in [7, 11) is 11.7. The summed E-state index contributed by atoms with van der Waals surface area (Å²) in [6.45, 7) is 2.35. The molecule has 1 spiro atoms. The van der Waals surface area contributed by atoms with E-state index < -0.39 is 229 Å². The Hall–Kier alpha value is -8.82. The maximum absolute atomic E-state index is 15.4. The lowest BCUT2D eigenvalue weighted by atomic mass is 9.74. The second-order valence-electron chi connectivity index (χ2n) is 28.8. The molecule has 3 aliphatic heterocycles. The smallest absolute Gasteiger partial charge is 0.382 e. The van der Waals surface area contributed by atoms with Crippen molar-refractivity contribution in [2.75, 3.05) is 103 Å². The van der Waals surface area contributed by atoms with Crippen LogP contribution in [0.4, 0.5) is 35.1 Å². The summed E-state index contributed by atoms with van der Waals surface area (Å²) in [4.78, 5) is 189. The Bertz CT molecular complexity index is 3610. The number of hydrogen-bond donors (Lipinski definition) is 3. The van der Waals surface area contributed by atoms with Crippen LogP contribution in [-0.4, -0.2) is 278 Å². The number of halogens is 8. The highest BCUT2D eigenvalue weighted by molar-refractivity contribution is 6.01. The molecule has 107 heavy (non-hydrogen) atoms. The van der Waals surface area contributed by atoms with Crippen LogP contribution in [0.1, 0.15) is 126 Å². The van der Waals surface area contributed by atoms with Gasteiger partial charge in [0.25, 0.3) is 0 Å². The zero-order valence-corrected chi connectivity index (χ0v) is 62.6. The molecule has 0 aromatic heterocycles. The van der Waals surface area contributed by atoms with E-state index in [0.29, 0.717) is 44.2 Å². The van der Waals surface area contributed by atoms with Gasteiger partial charge < -0.3 is 69.5 Å². The topological polar surface area (TPSA) is 289 Å². The van der Waals surface area contributed by atoms with Crippen LogP contribution in [0.2, 0.25) is 0 Å². The van der Waals surface area contributed by atoms with Crippen LogP contribution < -0.4 is 16.0 Å². The van der Waals surface area contributed by atoms with Crippen molar-refractivity contribution in [2.45, 2.75) is 189 Å². The SMILES string of the molecule is CCO[C@@H]1C[C@H]2C(=O)NC3(CCC3)C(=O)N(C)[C@@H](C3CCCC3)C(=O)N(C)[C@H](C(=O)N(C)C)CC(=O)N(C)[C@@H](COC)C(=O)N[C@@H]([C@@H](C)CC)C(=O)N(C)CC(=O)N(C)[C@H]3C/C=C\CCN(C3=O)[C@@H](Cc3ccc(C(F)(F)F)cc3)C(=O)N(C)CC(=O)N[C@H](CCc3cc(F)c(C(F)(F)F)c(F)c3)C(=O)N2C1. The van der Waals surface area contributed by atoms with Gasteiger partial charge in [-0.25, -0.2) is 8.78 Å². The van der Waals surface area contributed by atoms with Crippen LogP contribution in [-0.2, 0) is 92.2 Å². The van der Waals surface area contributed by atoms with Crippen LogP contribution in [0.15, 0.2) is 48.6 Å². The van der Waals surface area contributed by atoms with E-state index in [4.69, 9.17) is 9.47 Å². The van der Waals surface area contributed by atoms with Crippen LogP contribution in [0.5, 0.6) is 0 Å². The fourth-order valence-electron chi connectivity index (χ4n) is 14.7. The number of rotatable bonds is 13. The number of fused-ring (bicyclic) bond motifs is 3. The summed E-state index contributed by atoms with van der Waals surface area (Å²) < 4.78 is 125. The lowest BCUT2D eigenvalue weighted by Gasteiger charge is -2.46. The Morgan fingerprint density at radius 1 is 0.682 bits per heavy atom. The van der Waals surface area contributed by atoms with Crippen LogP contribution >= 0.6 is 0 Å². The number of amides is 12. The van der Waals surface area contributed by atoms with E-state index in [9.17, 15) is 55.1 Å². The van der Waals surface area contributed by atoms with E-state index in [2.05, 4.69) is 16.0 Å². The highest BCUT2D eigenvalue weighted by Gasteiger charge is 2.54. The minimum absolute atomic E-state index is 0.0251. The molecule has 4 fully saturated rings. The van der Waals surface area contributed by atoms with E-state index in [1.54, 1.807) is 32.9 Å². The Kier molecular flexibility index (Phi) is 29.1. The van der Waals surface area contributed by atoms with Gasteiger partial charge in [-0.15, -0.1) is 0 Å². The maximum atomic E-state index is 15.4. The molecular formula is C73H100F8N12O14. The van der Waals surface area contributed by atoms with Crippen molar-refractivity contribution in [1.82, 2.24) is 60.0 Å². The van der Waals surface area contributed by atoms with Gasteiger partial charge in [0.05, 0.1) is 37.8 Å². The average Bonchev–Trinajstić information content (AvgIpc) is 1.71. The highest BCUT2D eigenvalue weighted by atomic mass is 19.4. The van der Waals surface area contributed by atoms with E-state index in [-0.39, 0.29) is 63.8 Å². The molecule has 2 bridgehead atoms. The highest BCUT2D eigenvalue weighted by Crippen LogP contribution is 2.40. The molecule has 2 aliphatic carbocycles. The normalized spacial score (nSPS) is 26.2. The minimum atomic E-state index is -5.46. The molecule has 0 unspecified atom stereocenters. The predicted octanol–water partition coefficient (Wildman–Crippen LogP) is 4.34. The van der Waals surface area contributed by atoms with Crippen LogP contribution in [0.3, 0.4) is 0 Å². The van der Waals surface area contributed by atoms with Gasteiger partial charge in [-0.05, 0) is 112 Å². The summed E-state index contributed by atoms with van der Waals surface area (Å²) in [6, 6.07) is -7.68. The first-order valence-electron chi connectivity index (χ1n) is 36.0. The van der Waals surface area contributed by atoms with E-state index in [0.717, 1.165) is 70.5 Å². The Morgan fingerprint density at radius 2 is 1.31 bits per heavy atom. The number of nitrogens with one attached hydrogen (secondary N) is 3. The molecule has 26 nitrogen and oxygen atoms in total. The van der Waals surface area contributed by atoms with Crippen molar-refractivity contribution in [1.29, 1.82) is 0 Å². The fraction of sp³-hybridized carbons (Fsp3) is 0.644. The molecule has 7 rings (SSSR count). The molecule has 12 amide bonds. The Morgan fingerprint density at radius 3 is 1.87 bits per heavy atom. The molecule has 2 saturated heterocycles. The first-order chi connectivity index (χ1) is 50.2. The summed E-state index contributed by atoms with van der Waals surface area (Å²) >= 11 is 0. The van der Waals surface area contributed by atoms with Crippen molar-refractivity contribution in [3.63, 3.8) is 0 Å². The molecule has 0 radical (unpaired) electrons. The zero-order chi connectivity index (χ0) is 79.5. The lowest BCUT2D eigenvalue weighted by molar-refractivity contribution is -0.158. The number of hydrogen-bond acceptors (Lipinski definition) is 14. The monoisotopic (exact) mass is 1520 g/mol. The van der Waals surface area contributed by atoms with Gasteiger partial charge in [0.15, 0.2) is 0 Å². The molecule has 34 heteroatoms. The Labute approximate surface area is 617 Å². The molecule has 3 heterocycles. The Balaban J connectivity index is 1.35. The molecule has 2 aromatic rings. The minimum Gasteiger partial charge on any atom is -0.382 e. The molecule has 3 N–H and O–H groups in total. The first-order valence-corrected chi connectivity index (χ1v) is 36.0. The number of methoxy groups -OCH3 is 1. The zero-order valence-electron chi connectivity index (χ0n) is 62.6. The van der Waals surface area contributed by atoms with E-state index in [1.165, 1.54) is 61.3 Å². The number of aryl methyl sites for hydroxylation is 1. The van der Waals surface area contributed by atoms with Crippen molar-refractivity contribution < 1.29 is 102 Å². The molecule has 2 aromatic carbocycles. The second kappa shape index (κ2) is 36.4. The van der Waals surface area contributed by atoms with Gasteiger partial charge >= 0.3 is 12.4 Å². The molecule has 5 aliphatic rings. The molecule has 592 valence electrons. The number of benzene rings is 2. The lowest BCUT2D eigenvalue weighted by Crippen LogP contribution is -2.68. The number of carbonyl (C=O) groups excluding carboxylic acids is 12. The fourth-order valence-corrected chi connectivity index (χ4v) is 14.7. The number of nitrogens with zero attached hydrogens (tertiary/aromatic N) is 9. The third-order valence-corrected chi connectivity index (χ3v) is 21.3. The summed E-state index contributed by atoms with van der Waals surface area (Å²) in [5.74, 6) is -15.6. The van der Waals surface area contributed by atoms with Gasteiger partial charge in [0.2, 0.25) is 70.9 Å². The summed E-state index contributed by atoms with van der Waals surface area (Å²) in [6.07, 6.45) is -7.71. The average molecular weight is 1520 g/mol. The largest absolute Gasteiger partial charge is 0.422 e. The second-order valence-corrected chi connectivity index (χ2v) is 28.8. The van der Waals surface area contributed by atoms with Gasteiger partial charge in [-0.3, -0.25) is 57.5 Å². The van der Waals surface area contributed by atoms with Crippen molar-refractivity contribution in [2.24, 2.45) is 11.8 Å². The van der Waals surface area contributed by atoms with Crippen LogP contribution in [0.25, 0.3) is 0 Å². The van der Waals surface area contributed by atoms with Gasteiger partial charge in [0, 0.05) is 96.0 Å². The molecule has 2 saturated carbocycles. The maximum Gasteiger partial charge on any atom is 0.422 e.